The Labute approximate surface area is 212 Å². The number of nitrogens with one attached hydrogen (secondary N) is 1. The zero-order chi connectivity index (χ0) is 24.1. The Morgan fingerprint density at radius 3 is 2.32 bits per heavy atom. The highest BCUT2D eigenvalue weighted by atomic mass is 35.5. The van der Waals surface area contributed by atoms with Gasteiger partial charge >= 0.3 is 0 Å². The van der Waals surface area contributed by atoms with E-state index in [2.05, 4.69) is 10.2 Å². The summed E-state index contributed by atoms with van der Waals surface area (Å²) in [6.07, 6.45) is 5.69. The third-order valence-electron chi connectivity index (χ3n) is 6.61. The lowest BCUT2D eigenvalue weighted by atomic mass is 9.96. The fraction of sp³-hybridized carbons (Fsp3) is 0.480. The normalized spacial score (nSPS) is 20.6. The Hall–Kier alpha value is -1.64. The van der Waals surface area contributed by atoms with Crippen LogP contribution in [-0.2, 0) is 21.4 Å². The first kappa shape index (κ1) is 25.5. The molecular weight excluding hydrogens is 493 g/mol. The summed E-state index contributed by atoms with van der Waals surface area (Å²) < 4.78 is 27.5. The quantitative estimate of drug-likeness (QED) is 0.549. The fourth-order valence-corrected chi connectivity index (χ4v) is 6.67. The smallest absolute Gasteiger partial charge is 0.243 e. The number of anilines is 1. The van der Waals surface area contributed by atoms with Gasteiger partial charge in [0.15, 0.2) is 0 Å². The average molecular weight is 525 g/mol. The number of sulfonamides is 1. The van der Waals surface area contributed by atoms with E-state index in [0.29, 0.717) is 41.9 Å². The van der Waals surface area contributed by atoms with E-state index in [0.717, 1.165) is 50.6 Å². The summed E-state index contributed by atoms with van der Waals surface area (Å²) in [7, 11) is -3.50. The van der Waals surface area contributed by atoms with Gasteiger partial charge in [-0.3, -0.25) is 9.69 Å². The van der Waals surface area contributed by atoms with Gasteiger partial charge in [-0.2, -0.15) is 4.31 Å². The molecule has 1 unspecified atom stereocenters. The van der Waals surface area contributed by atoms with Gasteiger partial charge in [0.05, 0.1) is 10.8 Å². The molecule has 9 heteroatoms. The number of carbonyl (C=O) groups is 1. The Balaban J connectivity index is 1.35. The summed E-state index contributed by atoms with van der Waals surface area (Å²) >= 11 is 12.3. The zero-order valence-corrected chi connectivity index (χ0v) is 21.5. The Morgan fingerprint density at radius 1 is 0.941 bits per heavy atom. The van der Waals surface area contributed by atoms with E-state index in [1.165, 1.54) is 0 Å². The Morgan fingerprint density at radius 2 is 1.65 bits per heavy atom. The maximum Gasteiger partial charge on any atom is 0.243 e. The molecule has 2 saturated heterocycles. The number of piperidine rings is 1. The summed E-state index contributed by atoms with van der Waals surface area (Å²) in [6, 6.07) is 12.0. The monoisotopic (exact) mass is 523 g/mol. The molecule has 2 aliphatic heterocycles. The van der Waals surface area contributed by atoms with E-state index in [9.17, 15) is 13.2 Å². The molecule has 34 heavy (non-hydrogen) atoms. The van der Waals surface area contributed by atoms with Crippen molar-refractivity contribution in [2.45, 2.75) is 50.0 Å². The van der Waals surface area contributed by atoms with Crippen molar-refractivity contribution in [3.8, 4) is 0 Å². The van der Waals surface area contributed by atoms with Crippen molar-refractivity contribution in [3.05, 3.63) is 58.1 Å². The van der Waals surface area contributed by atoms with Crippen LogP contribution in [-0.4, -0.2) is 49.7 Å². The third kappa shape index (κ3) is 6.32. The maximum absolute atomic E-state index is 13.0. The predicted octanol–water partition coefficient (Wildman–Crippen LogP) is 5.41. The van der Waals surface area contributed by atoms with Crippen molar-refractivity contribution in [1.29, 1.82) is 0 Å². The minimum absolute atomic E-state index is 0.0463. The van der Waals surface area contributed by atoms with Gasteiger partial charge in [0.1, 0.15) is 0 Å². The molecule has 0 spiro atoms. The molecule has 1 amide bonds. The van der Waals surface area contributed by atoms with Crippen molar-refractivity contribution >= 4 is 44.8 Å². The Bertz CT molecular complexity index is 1100. The average Bonchev–Trinajstić information content (AvgIpc) is 3.12. The zero-order valence-electron chi connectivity index (χ0n) is 19.2. The van der Waals surface area contributed by atoms with E-state index in [-0.39, 0.29) is 16.7 Å². The minimum Gasteiger partial charge on any atom is -0.326 e. The van der Waals surface area contributed by atoms with Crippen molar-refractivity contribution < 1.29 is 13.2 Å². The highest BCUT2D eigenvalue weighted by molar-refractivity contribution is 7.89. The predicted molar refractivity (Wildman–Crippen MR) is 137 cm³/mol. The number of rotatable bonds is 6. The van der Waals surface area contributed by atoms with Gasteiger partial charge < -0.3 is 5.32 Å². The first-order valence-corrected chi connectivity index (χ1v) is 14.1. The van der Waals surface area contributed by atoms with Crippen LogP contribution in [0, 0.1) is 5.92 Å². The van der Waals surface area contributed by atoms with E-state index in [1.54, 1.807) is 34.6 Å². The fourth-order valence-electron chi connectivity index (χ4n) is 4.69. The van der Waals surface area contributed by atoms with Crippen molar-refractivity contribution in [2.75, 3.05) is 31.5 Å². The van der Waals surface area contributed by atoms with E-state index in [1.807, 2.05) is 12.1 Å². The van der Waals surface area contributed by atoms with Crippen LogP contribution < -0.4 is 5.32 Å². The largest absolute Gasteiger partial charge is 0.326 e. The van der Waals surface area contributed by atoms with Crippen LogP contribution in [0.25, 0.3) is 0 Å². The van der Waals surface area contributed by atoms with Crippen LogP contribution in [0.3, 0.4) is 0 Å². The molecule has 2 aromatic rings. The second-order valence-electron chi connectivity index (χ2n) is 9.14. The molecule has 0 radical (unpaired) electrons. The van der Waals surface area contributed by atoms with Crippen molar-refractivity contribution in [2.24, 2.45) is 5.92 Å². The molecule has 2 heterocycles. The number of amides is 1. The number of hydrogen-bond acceptors (Lipinski definition) is 4. The lowest BCUT2D eigenvalue weighted by molar-refractivity contribution is -0.121. The number of benzene rings is 2. The van der Waals surface area contributed by atoms with Crippen LogP contribution in [0.1, 0.15) is 44.1 Å². The maximum atomic E-state index is 13.0. The standard InChI is InChI=1S/C25H31Cl2N3O3S/c26-21-8-7-19(24(27)16-21)17-29-13-5-6-20(18-29)25(31)28-22-9-11-23(12-10-22)34(32,33)30-14-3-1-2-4-15-30/h7-12,16,20H,1-6,13-15,17-18H2,(H,28,31). The van der Waals surface area contributed by atoms with E-state index >= 15 is 0 Å². The molecule has 6 nitrogen and oxygen atoms in total. The lowest BCUT2D eigenvalue weighted by Crippen LogP contribution is -2.40. The number of likely N-dealkylation sites (tertiary alicyclic amines) is 1. The van der Waals surface area contributed by atoms with Gasteiger partial charge in [-0.25, -0.2) is 8.42 Å². The second kappa shape index (κ2) is 11.4. The Kier molecular flexibility index (Phi) is 8.53. The number of hydrogen-bond donors (Lipinski definition) is 1. The molecule has 2 aromatic carbocycles. The summed E-state index contributed by atoms with van der Waals surface area (Å²) in [5, 5.41) is 4.21. The third-order valence-corrected chi connectivity index (χ3v) is 9.11. The SMILES string of the molecule is O=C(Nc1ccc(S(=O)(=O)N2CCCCCC2)cc1)C1CCCN(Cc2ccc(Cl)cc2Cl)C1. The summed E-state index contributed by atoms with van der Waals surface area (Å²) in [5.41, 5.74) is 1.60. The molecule has 0 bridgehead atoms. The molecule has 0 aliphatic carbocycles. The molecule has 0 saturated carbocycles. The second-order valence-corrected chi connectivity index (χ2v) is 11.9. The lowest BCUT2D eigenvalue weighted by Gasteiger charge is -2.32. The van der Waals surface area contributed by atoms with Gasteiger partial charge in [-0.05, 0) is 74.2 Å². The molecule has 184 valence electrons. The molecule has 0 aromatic heterocycles. The van der Waals surface area contributed by atoms with Gasteiger partial charge in [0, 0.05) is 41.9 Å². The van der Waals surface area contributed by atoms with Crippen LogP contribution in [0.5, 0.6) is 0 Å². The summed E-state index contributed by atoms with van der Waals surface area (Å²) in [4.78, 5) is 15.4. The van der Waals surface area contributed by atoms with Crippen LogP contribution in [0.4, 0.5) is 5.69 Å². The molecule has 1 atom stereocenters. The molecule has 2 fully saturated rings. The molecule has 2 aliphatic rings. The molecule has 4 rings (SSSR count). The van der Waals surface area contributed by atoms with Crippen LogP contribution in [0.2, 0.25) is 10.0 Å². The van der Waals surface area contributed by atoms with Crippen LogP contribution >= 0.6 is 23.2 Å². The first-order chi connectivity index (χ1) is 16.3. The van der Waals surface area contributed by atoms with Gasteiger partial charge in [-0.15, -0.1) is 0 Å². The first-order valence-electron chi connectivity index (χ1n) is 11.9. The highest BCUT2D eigenvalue weighted by Gasteiger charge is 2.27. The van der Waals surface area contributed by atoms with Gasteiger partial charge in [0.25, 0.3) is 0 Å². The summed E-state index contributed by atoms with van der Waals surface area (Å²) in [5.74, 6) is -0.185. The van der Waals surface area contributed by atoms with Gasteiger partial charge in [-0.1, -0.05) is 42.1 Å². The summed E-state index contributed by atoms with van der Waals surface area (Å²) in [6.45, 7) is 3.36. The van der Waals surface area contributed by atoms with Crippen molar-refractivity contribution in [3.63, 3.8) is 0 Å². The van der Waals surface area contributed by atoms with Crippen LogP contribution in [0.15, 0.2) is 47.4 Å². The number of carbonyl (C=O) groups excluding carboxylic acids is 1. The highest BCUT2D eigenvalue weighted by Crippen LogP contribution is 2.26. The van der Waals surface area contributed by atoms with Crippen molar-refractivity contribution in [1.82, 2.24) is 9.21 Å². The molecule has 1 N–H and O–H groups in total. The molecular formula is C25H31Cl2N3O3S. The number of nitrogens with zero attached hydrogens (tertiary/aromatic N) is 2. The minimum atomic E-state index is -3.50. The van der Waals surface area contributed by atoms with E-state index in [4.69, 9.17) is 23.2 Å². The topological polar surface area (TPSA) is 69.7 Å². The van der Waals surface area contributed by atoms with E-state index < -0.39 is 10.0 Å². The number of halogens is 2. The van der Waals surface area contributed by atoms with Gasteiger partial charge in [0.2, 0.25) is 15.9 Å².